The smallest absolute Gasteiger partial charge is 0.345 e. The molecule has 0 saturated heterocycles. The van der Waals surface area contributed by atoms with Crippen molar-refractivity contribution in [2.75, 3.05) is 6.54 Å². The standard InChI is InChI=1S/C10H12FN3O5/c1-5(15)3-12-10(2,8(17)18)14-4-6(11)7(16)13-9(14)19/h4,12H,3H2,1-2H3,(H,17,18)(H,13,16,19). The molecule has 1 aromatic rings. The lowest BCUT2D eigenvalue weighted by atomic mass is 10.2. The van der Waals surface area contributed by atoms with Crippen LogP contribution in [0.25, 0.3) is 0 Å². The van der Waals surface area contributed by atoms with Gasteiger partial charge in [-0.3, -0.25) is 24.5 Å². The molecule has 8 nitrogen and oxygen atoms in total. The summed E-state index contributed by atoms with van der Waals surface area (Å²) in [7, 11) is 0. The number of nitrogens with one attached hydrogen (secondary N) is 2. The zero-order valence-electron chi connectivity index (χ0n) is 10.2. The largest absolute Gasteiger partial charge is 0.478 e. The van der Waals surface area contributed by atoms with Gasteiger partial charge in [-0.15, -0.1) is 0 Å². The number of rotatable bonds is 5. The van der Waals surface area contributed by atoms with E-state index in [-0.39, 0.29) is 12.3 Å². The molecule has 9 heteroatoms. The van der Waals surface area contributed by atoms with Crippen LogP contribution < -0.4 is 16.6 Å². The first kappa shape index (κ1) is 14.8. The molecular formula is C10H12FN3O5. The van der Waals surface area contributed by atoms with Crippen LogP contribution in [-0.2, 0) is 15.3 Å². The first-order chi connectivity index (χ1) is 8.68. The van der Waals surface area contributed by atoms with E-state index in [4.69, 9.17) is 5.11 Å². The molecule has 1 atom stereocenters. The minimum absolute atomic E-state index is 0.337. The highest BCUT2D eigenvalue weighted by molar-refractivity contribution is 5.80. The normalized spacial score (nSPS) is 13.8. The van der Waals surface area contributed by atoms with Gasteiger partial charge in [0.1, 0.15) is 5.78 Å². The van der Waals surface area contributed by atoms with Gasteiger partial charge >= 0.3 is 11.7 Å². The van der Waals surface area contributed by atoms with Crippen molar-refractivity contribution in [1.29, 1.82) is 0 Å². The molecule has 0 amide bonds. The highest BCUT2D eigenvalue weighted by Crippen LogP contribution is 2.09. The van der Waals surface area contributed by atoms with Crippen molar-refractivity contribution in [2.45, 2.75) is 19.5 Å². The molecule has 0 radical (unpaired) electrons. The molecule has 0 fully saturated rings. The Kier molecular flexibility index (Phi) is 4.00. The Morgan fingerprint density at radius 2 is 2.11 bits per heavy atom. The van der Waals surface area contributed by atoms with Crippen LogP contribution in [0.1, 0.15) is 13.8 Å². The van der Waals surface area contributed by atoms with E-state index in [1.165, 1.54) is 6.92 Å². The lowest BCUT2D eigenvalue weighted by Gasteiger charge is -2.27. The van der Waals surface area contributed by atoms with Crippen LogP contribution >= 0.6 is 0 Å². The van der Waals surface area contributed by atoms with Gasteiger partial charge in [0.15, 0.2) is 5.66 Å². The number of carbonyl (C=O) groups excluding carboxylic acids is 1. The molecule has 3 N–H and O–H groups in total. The topological polar surface area (TPSA) is 121 Å². The summed E-state index contributed by atoms with van der Waals surface area (Å²) < 4.78 is 13.6. The van der Waals surface area contributed by atoms with E-state index in [0.717, 1.165) is 6.92 Å². The Bertz CT molecular complexity index is 635. The van der Waals surface area contributed by atoms with E-state index < -0.39 is 28.7 Å². The van der Waals surface area contributed by atoms with Crippen LogP contribution in [0.4, 0.5) is 4.39 Å². The Morgan fingerprint density at radius 3 is 2.58 bits per heavy atom. The van der Waals surface area contributed by atoms with Gasteiger partial charge < -0.3 is 5.11 Å². The van der Waals surface area contributed by atoms with E-state index >= 15 is 0 Å². The van der Waals surface area contributed by atoms with Crippen molar-refractivity contribution in [2.24, 2.45) is 0 Å². The summed E-state index contributed by atoms with van der Waals surface area (Å²) in [4.78, 5) is 46.2. The molecule has 0 aliphatic rings. The molecule has 1 rings (SSSR count). The molecule has 0 bridgehead atoms. The third-order valence-corrected chi connectivity index (χ3v) is 2.48. The van der Waals surface area contributed by atoms with E-state index in [1.54, 1.807) is 4.98 Å². The van der Waals surface area contributed by atoms with E-state index in [1.807, 2.05) is 0 Å². The number of aromatic amines is 1. The van der Waals surface area contributed by atoms with Gasteiger partial charge in [0.05, 0.1) is 12.7 Å². The predicted molar refractivity (Wildman–Crippen MR) is 61.2 cm³/mol. The second-order valence-electron chi connectivity index (χ2n) is 4.04. The zero-order valence-corrected chi connectivity index (χ0v) is 10.2. The first-order valence-electron chi connectivity index (χ1n) is 5.18. The summed E-state index contributed by atoms with van der Waals surface area (Å²) in [6.07, 6.45) is 0.475. The van der Waals surface area contributed by atoms with Gasteiger partial charge in [-0.2, -0.15) is 4.39 Å². The average molecular weight is 273 g/mol. The third-order valence-electron chi connectivity index (χ3n) is 2.48. The Balaban J connectivity index is 3.38. The summed E-state index contributed by atoms with van der Waals surface area (Å²) in [6.45, 7) is 1.94. The van der Waals surface area contributed by atoms with Crippen LogP contribution in [0.5, 0.6) is 0 Å². The minimum Gasteiger partial charge on any atom is -0.478 e. The summed E-state index contributed by atoms with van der Waals surface area (Å²) >= 11 is 0. The van der Waals surface area contributed by atoms with Crippen LogP contribution in [0, 0.1) is 5.82 Å². The number of halogens is 1. The average Bonchev–Trinajstić information content (AvgIpc) is 2.30. The van der Waals surface area contributed by atoms with Crippen LogP contribution in [-0.4, -0.2) is 33.0 Å². The Morgan fingerprint density at radius 1 is 1.53 bits per heavy atom. The second kappa shape index (κ2) is 5.14. The first-order valence-corrected chi connectivity index (χ1v) is 5.18. The summed E-state index contributed by atoms with van der Waals surface area (Å²) in [5.74, 6) is -3.19. The van der Waals surface area contributed by atoms with Crippen molar-refractivity contribution in [1.82, 2.24) is 14.9 Å². The molecule has 104 valence electrons. The fourth-order valence-corrected chi connectivity index (χ4v) is 1.34. The number of aliphatic carboxylic acids is 1. The maximum absolute atomic E-state index is 13.2. The van der Waals surface area contributed by atoms with Crippen LogP contribution in [0.3, 0.4) is 0 Å². The number of nitrogens with zero attached hydrogens (tertiary/aromatic N) is 1. The Labute approximate surface area is 105 Å². The number of hydrogen-bond donors (Lipinski definition) is 3. The fraction of sp³-hybridized carbons (Fsp3) is 0.400. The quantitative estimate of drug-likeness (QED) is 0.607. The van der Waals surface area contributed by atoms with Gasteiger partial charge in [-0.25, -0.2) is 9.59 Å². The highest BCUT2D eigenvalue weighted by atomic mass is 19.1. The van der Waals surface area contributed by atoms with Gasteiger partial charge in [0.2, 0.25) is 5.82 Å². The monoisotopic (exact) mass is 273 g/mol. The number of carbonyl (C=O) groups is 2. The zero-order chi connectivity index (χ0) is 14.8. The maximum atomic E-state index is 13.2. The molecule has 0 aromatic carbocycles. The summed E-state index contributed by atoms with van der Waals surface area (Å²) in [6, 6.07) is 0. The van der Waals surface area contributed by atoms with Gasteiger partial charge in [0, 0.05) is 0 Å². The third kappa shape index (κ3) is 2.94. The summed E-state index contributed by atoms with van der Waals surface area (Å²) in [5, 5.41) is 11.5. The molecule has 1 heterocycles. The lowest BCUT2D eigenvalue weighted by Crippen LogP contribution is -2.57. The van der Waals surface area contributed by atoms with Gasteiger partial charge in [0.25, 0.3) is 5.56 Å². The van der Waals surface area contributed by atoms with Gasteiger partial charge in [-0.05, 0) is 13.8 Å². The molecule has 19 heavy (non-hydrogen) atoms. The highest BCUT2D eigenvalue weighted by Gasteiger charge is 2.36. The number of carboxylic acids is 1. The fourth-order valence-electron chi connectivity index (χ4n) is 1.34. The molecule has 1 unspecified atom stereocenters. The van der Waals surface area contributed by atoms with Crippen molar-refractivity contribution in [3.63, 3.8) is 0 Å². The number of hydrogen-bond acceptors (Lipinski definition) is 5. The van der Waals surface area contributed by atoms with E-state index in [9.17, 15) is 23.6 Å². The number of H-pyrrole nitrogens is 1. The number of carboxylic acid groups (broad SMARTS) is 1. The number of aromatic nitrogens is 2. The van der Waals surface area contributed by atoms with Crippen molar-refractivity contribution in [3.05, 3.63) is 32.9 Å². The van der Waals surface area contributed by atoms with Crippen molar-refractivity contribution >= 4 is 11.8 Å². The second-order valence-corrected chi connectivity index (χ2v) is 4.04. The van der Waals surface area contributed by atoms with E-state index in [2.05, 4.69) is 5.32 Å². The van der Waals surface area contributed by atoms with Crippen molar-refractivity contribution in [3.8, 4) is 0 Å². The molecule has 0 aliphatic heterocycles. The molecule has 0 saturated carbocycles. The minimum atomic E-state index is -2.06. The van der Waals surface area contributed by atoms with Gasteiger partial charge in [-0.1, -0.05) is 0 Å². The van der Waals surface area contributed by atoms with Crippen molar-refractivity contribution < 1.29 is 19.1 Å². The SMILES string of the molecule is CC(=O)CNC(C)(C(=O)O)n1cc(F)c(=O)[nH]c1=O. The molecule has 0 spiro atoms. The van der Waals surface area contributed by atoms with Crippen LogP contribution in [0.15, 0.2) is 15.8 Å². The predicted octanol–water partition coefficient (Wildman–Crippen LogP) is -1.39. The molecule has 1 aromatic heterocycles. The summed E-state index contributed by atoms with van der Waals surface area (Å²) in [5.41, 5.74) is -4.42. The van der Waals surface area contributed by atoms with Crippen LogP contribution in [0.2, 0.25) is 0 Å². The number of ketones is 1. The number of Topliss-reactive ketones (excluding diaryl/α,β-unsaturated/α-hetero) is 1. The lowest BCUT2D eigenvalue weighted by molar-refractivity contribution is -0.149. The molecular weight excluding hydrogens is 261 g/mol. The molecule has 0 aliphatic carbocycles. The van der Waals surface area contributed by atoms with E-state index in [0.29, 0.717) is 10.8 Å². The Hall–Kier alpha value is -2.29. The maximum Gasteiger partial charge on any atom is 0.345 e.